The molecule has 0 aliphatic carbocycles. The number of aromatic nitrogens is 3. The molecule has 0 spiro atoms. The first kappa shape index (κ1) is 17.9. The molecule has 4 aromatic rings. The first-order chi connectivity index (χ1) is 13.6. The Morgan fingerprint density at radius 1 is 1.07 bits per heavy atom. The van der Waals surface area contributed by atoms with Crippen LogP contribution < -0.4 is 0 Å². The molecule has 0 aliphatic rings. The van der Waals surface area contributed by atoms with Crippen LogP contribution in [0.15, 0.2) is 60.8 Å². The quantitative estimate of drug-likeness (QED) is 0.551. The van der Waals surface area contributed by atoms with Crippen molar-refractivity contribution in [2.24, 2.45) is 0 Å². The fourth-order valence-corrected chi connectivity index (χ4v) is 3.54. The molecule has 5 heteroatoms. The van der Waals surface area contributed by atoms with Gasteiger partial charge >= 0.3 is 5.97 Å². The van der Waals surface area contributed by atoms with Crippen molar-refractivity contribution in [3.8, 4) is 11.1 Å². The predicted octanol–water partition coefficient (Wildman–Crippen LogP) is 4.72. The Bertz CT molecular complexity index is 1160. The number of hydrogen-bond donors (Lipinski definition) is 1. The minimum Gasteiger partial charge on any atom is -0.478 e. The fraction of sp³-hybridized carbons (Fsp3) is 0.174. The average molecular weight is 371 g/mol. The van der Waals surface area contributed by atoms with E-state index in [4.69, 9.17) is 4.98 Å². The van der Waals surface area contributed by atoms with Crippen molar-refractivity contribution in [2.45, 2.75) is 26.8 Å². The molecular formula is C23H21N3O2. The number of rotatable bonds is 5. The highest BCUT2D eigenvalue weighted by Crippen LogP contribution is 2.25. The van der Waals surface area contributed by atoms with E-state index in [0.29, 0.717) is 12.1 Å². The molecule has 0 amide bonds. The van der Waals surface area contributed by atoms with Crippen molar-refractivity contribution < 1.29 is 9.90 Å². The summed E-state index contributed by atoms with van der Waals surface area (Å²) in [7, 11) is 0. The Balaban J connectivity index is 1.67. The van der Waals surface area contributed by atoms with Gasteiger partial charge < -0.3 is 9.67 Å². The van der Waals surface area contributed by atoms with Crippen LogP contribution in [-0.2, 0) is 13.0 Å². The molecule has 2 aromatic carbocycles. The van der Waals surface area contributed by atoms with Crippen molar-refractivity contribution >= 4 is 17.1 Å². The van der Waals surface area contributed by atoms with Crippen LogP contribution in [0.2, 0.25) is 0 Å². The van der Waals surface area contributed by atoms with Crippen molar-refractivity contribution in [3.63, 3.8) is 0 Å². The Morgan fingerprint density at radius 3 is 2.54 bits per heavy atom. The van der Waals surface area contributed by atoms with E-state index in [0.717, 1.165) is 40.1 Å². The Kier molecular flexibility index (Phi) is 4.65. The van der Waals surface area contributed by atoms with Gasteiger partial charge in [0.25, 0.3) is 0 Å². The number of aryl methyl sites for hydroxylation is 2. The highest BCUT2D eigenvalue weighted by molar-refractivity contribution is 5.96. The van der Waals surface area contributed by atoms with Crippen molar-refractivity contribution in [1.29, 1.82) is 0 Å². The summed E-state index contributed by atoms with van der Waals surface area (Å²) >= 11 is 0. The zero-order valence-corrected chi connectivity index (χ0v) is 15.9. The second-order valence-corrected chi connectivity index (χ2v) is 6.79. The maximum Gasteiger partial charge on any atom is 0.336 e. The molecule has 4 rings (SSSR count). The molecule has 0 radical (unpaired) electrons. The lowest BCUT2D eigenvalue weighted by atomic mass is 9.99. The normalized spacial score (nSPS) is 11.1. The summed E-state index contributed by atoms with van der Waals surface area (Å²) in [5.41, 5.74) is 6.10. The Hall–Kier alpha value is -3.47. The second kappa shape index (κ2) is 7.27. The molecule has 0 saturated carbocycles. The van der Waals surface area contributed by atoms with Crippen molar-refractivity contribution in [2.75, 3.05) is 0 Å². The maximum atomic E-state index is 11.5. The number of benzene rings is 2. The number of nitrogens with zero attached hydrogens (tertiary/aromatic N) is 3. The Morgan fingerprint density at radius 2 is 1.82 bits per heavy atom. The lowest BCUT2D eigenvalue weighted by molar-refractivity contribution is 0.0697. The van der Waals surface area contributed by atoms with E-state index >= 15 is 0 Å². The third-order valence-corrected chi connectivity index (χ3v) is 5.05. The van der Waals surface area contributed by atoms with Gasteiger partial charge in [-0.05, 0) is 47.7 Å². The molecule has 28 heavy (non-hydrogen) atoms. The number of carboxylic acids is 1. The van der Waals surface area contributed by atoms with Gasteiger partial charge in [-0.2, -0.15) is 0 Å². The standard InChI is InChI=1S/C23H21N3O2/c1-3-17-12-13-24-22-21(17)25-15(2)26(22)14-16-8-10-18(11-9-16)19-6-4-5-7-20(19)23(27)28/h4-13H,3,14H2,1-2H3,(H,27,28). The van der Waals surface area contributed by atoms with Gasteiger partial charge in [0.05, 0.1) is 12.1 Å². The predicted molar refractivity (Wildman–Crippen MR) is 110 cm³/mol. The number of carbonyl (C=O) groups is 1. The van der Waals surface area contributed by atoms with E-state index in [1.54, 1.807) is 12.1 Å². The van der Waals surface area contributed by atoms with Crippen LogP contribution in [0.3, 0.4) is 0 Å². The van der Waals surface area contributed by atoms with E-state index in [2.05, 4.69) is 16.5 Å². The summed E-state index contributed by atoms with van der Waals surface area (Å²) in [6.45, 7) is 4.79. The average Bonchev–Trinajstić information content (AvgIpc) is 3.04. The minimum atomic E-state index is -0.919. The molecule has 1 N–H and O–H groups in total. The monoisotopic (exact) mass is 371 g/mol. The van der Waals surface area contributed by atoms with Crippen LogP contribution in [0.5, 0.6) is 0 Å². The number of aromatic carboxylic acids is 1. The minimum absolute atomic E-state index is 0.308. The molecule has 140 valence electrons. The zero-order chi connectivity index (χ0) is 19.7. The molecule has 2 aromatic heterocycles. The molecule has 0 bridgehead atoms. The Labute approximate surface area is 163 Å². The molecule has 0 fully saturated rings. The van der Waals surface area contributed by atoms with Crippen LogP contribution in [0, 0.1) is 6.92 Å². The van der Waals surface area contributed by atoms with Gasteiger partial charge in [0.15, 0.2) is 5.65 Å². The first-order valence-electron chi connectivity index (χ1n) is 9.31. The smallest absolute Gasteiger partial charge is 0.336 e. The molecule has 5 nitrogen and oxygen atoms in total. The van der Waals surface area contributed by atoms with Gasteiger partial charge in [-0.3, -0.25) is 0 Å². The number of carboxylic acid groups (broad SMARTS) is 1. The highest BCUT2D eigenvalue weighted by Gasteiger charge is 2.13. The van der Waals surface area contributed by atoms with Crippen LogP contribution in [0.25, 0.3) is 22.3 Å². The number of hydrogen-bond acceptors (Lipinski definition) is 3. The van der Waals surface area contributed by atoms with Gasteiger partial charge in [0, 0.05) is 6.20 Å². The van der Waals surface area contributed by atoms with Gasteiger partial charge in [0.1, 0.15) is 11.3 Å². The highest BCUT2D eigenvalue weighted by atomic mass is 16.4. The third kappa shape index (κ3) is 3.16. The van der Waals surface area contributed by atoms with Crippen LogP contribution in [-0.4, -0.2) is 25.6 Å². The van der Waals surface area contributed by atoms with Gasteiger partial charge in [-0.15, -0.1) is 0 Å². The molecule has 2 heterocycles. The van der Waals surface area contributed by atoms with E-state index in [-0.39, 0.29) is 0 Å². The summed E-state index contributed by atoms with van der Waals surface area (Å²) in [5.74, 6) is 0.0155. The first-order valence-corrected chi connectivity index (χ1v) is 9.31. The molecule has 0 unspecified atom stereocenters. The number of imidazole rings is 1. The van der Waals surface area contributed by atoms with Crippen LogP contribution in [0.4, 0.5) is 0 Å². The van der Waals surface area contributed by atoms with Crippen LogP contribution >= 0.6 is 0 Å². The van der Waals surface area contributed by atoms with Crippen molar-refractivity contribution in [1.82, 2.24) is 14.5 Å². The summed E-state index contributed by atoms with van der Waals surface area (Å²) < 4.78 is 2.12. The molecule has 0 atom stereocenters. The largest absolute Gasteiger partial charge is 0.478 e. The number of fused-ring (bicyclic) bond motifs is 1. The maximum absolute atomic E-state index is 11.5. The van der Waals surface area contributed by atoms with E-state index in [1.165, 1.54) is 5.56 Å². The van der Waals surface area contributed by atoms with Gasteiger partial charge in [-0.25, -0.2) is 14.8 Å². The van der Waals surface area contributed by atoms with E-state index < -0.39 is 5.97 Å². The van der Waals surface area contributed by atoms with Gasteiger partial charge in [0.2, 0.25) is 0 Å². The van der Waals surface area contributed by atoms with Crippen LogP contribution in [0.1, 0.15) is 34.2 Å². The second-order valence-electron chi connectivity index (χ2n) is 6.79. The summed E-state index contributed by atoms with van der Waals surface area (Å²) in [4.78, 5) is 20.7. The summed E-state index contributed by atoms with van der Waals surface area (Å²) in [6, 6.07) is 17.1. The number of pyridine rings is 1. The lowest BCUT2D eigenvalue weighted by Crippen LogP contribution is -2.03. The van der Waals surface area contributed by atoms with Gasteiger partial charge in [-0.1, -0.05) is 49.4 Å². The molecular weight excluding hydrogens is 350 g/mol. The SMILES string of the molecule is CCc1ccnc2c1nc(C)n2Cc1ccc(-c2ccccc2C(=O)O)cc1. The van der Waals surface area contributed by atoms with E-state index in [9.17, 15) is 9.90 Å². The third-order valence-electron chi connectivity index (χ3n) is 5.05. The zero-order valence-electron chi connectivity index (χ0n) is 15.9. The topological polar surface area (TPSA) is 68.0 Å². The van der Waals surface area contributed by atoms with Crippen molar-refractivity contribution in [3.05, 3.63) is 83.3 Å². The molecule has 0 aliphatic heterocycles. The summed E-state index contributed by atoms with van der Waals surface area (Å²) in [5, 5.41) is 9.41. The van der Waals surface area contributed by atoms with E-state index in [1.807, 2.05) is 55.6 Å². The molecule has 0 saturated heterocycles. The summed E-state index contributed by atoms with van der Waals surface area (Å²) in [6.07, 6.45) is 2.76. The lowest BCUT2D eigenvalue weighted by Gasteiger charge is -2.09. The fourth-order valence-electron chi connectivity index (χ4n) is 3.54.